The lowest BCUT2D eigenvalue weighted by Crippen LogP contribution is -2.45. The molecule has 0 unspecified atom stereocenters. The lowest BCUT2D eigenvalue weighted by atomic mass is 9.88. The van der Waals surface area contributed by atoms with Crippen LogP contribution in [0.3, 0.4) is 0 Å². The van der Waals surface area contributed by atoms with E-state index in [0.29, 0.717) is 18.2 Å². The van der Waals surface area contributed by atoms with Gasteiger partial charge in [0.2, 0.25) is 0 Å². The van der Waals surface area contributed by atoms with Crippen LogP contribution in [-0.4, -0.2) is 19.3 Å². The maximum Gasteiger partial charge on any atom is 0.0601 e. The van der Waals surface area contributed by atoms with Crippen molar-refractivity contribution in [2.75, 3.05) is 7.11 Å². The quantitative estimate of drug-likeness (QED) is 0.840. The Hall–Kier alpha value is -0.860. The minimum atomic E-state index is 0.434. The van der Waals surface area contributed by atoms with E-state index in [1.54, 1.807) is 7.11 Å². The van der Waals surface area contributed by atoms with Crippen molar-refractivity contribution in [3.05, 3.63) is 35.4 Å². The first-order valence-electron chi connectivity index (χ1n) is 6.05. The van der Waals surface area contributed by atoms with Gasteiger partial charge in [-0.05, 0) is 37.8 Å². The highest BCUT2D eigenvalue weighted by Gasteiger charge is 2.29. The molecule has 1 saturated carbocycles. The predicted molar refractivity (Wildman–Crippen MR) is 66.5 cm³/mol. The van der Waals surface area contributed by atoms with Crippen molar-refractivity contribution in [2.24, 2.45) is 0 Å². The number of benzene rings is 1. The molecule has 0 amide bonds. The van der Waals surface area contributed by atoms with Gasteiger partial charge in [-0.25, -0.2) is 0 Å². The van der Waals surface area contributed by atoms with Crippen molar-refractivity contribution >= 4 is 0 Å². The Morgan fingerprint density at radius 2 is 2.00 bits per heavy atom. The van der Waals surface area contributed by atoms with Gasteiger partial charge in [-0.3, -0.25) is 0 Å². The molecule has 0 bridgehead atoms. The molecule has 16 heavy (non-hydrogen) atoms. The molecule has 0 aliphatic heterocycles. The number of aryl methyl sites for hydroxylation is 1. The first kappa shape index (κ1) is 11.6. The van der Waals surface area contributed by atoms with Crippen LogP contribution in [-0.2, 0) is 4.74 Å². The van der Waals surface area contributed by atoms with E-state index in [9.17, 15) is 0 Å². The third kappa shape index (κ3) is 2.45. The summed E-state index contributed by atoms with van der Waals surface area (Å²) in [5, 5.41) is 3.66. The number of methoxy groups -OCH3 is 1. The summed E-state index contributed by atoms with van der Waals surface area (Å²) in [4.78, 5) is 0. The van der Waals surface area contributed by atoms with E-state index in [4.69, 9.17) is 4.74 Å². The van der Waals surface area contributed by atoms with E-state index < -0.39 is 0 Å². The second-order valence-corrected chi connectivity index (χ2v) is 4.77. The maximum absolute atomic E-state index is 5.29. The molecule has 0 heterocycles. The molecule has 0 saturated heterocycles. The molecular formula is C14H21NO. The van der Waals surface area contributed by atoms with E-state index in [1.165, 1.54) is 11.1 Å². The molecule has 1 aromatic carbocycles. The molecule has 0 radical (unpaired) electrons. The van der Waals surface area contributed by atoms with E-state index in [2.05, 4.69) is 43.4 Å². The molecule has 1 fully saturated rings. The fourth-order valence-electron chi connectivity index (χ4n) is 2.41. The molecule has 2 heteroatoms. The van der Waals surface area contributed by atoms with Gasteiger partial charge in [0.15, 0.2) is 0 Å². The van der Waals surface area contributed by atoms with Crippen molar-refractivity contribution in [1.82, 2.24) is 5.32 Å². The lowest BCUT2D eigenvalue weighted by Gasteiger charge is -2.37. The highest BCUT2D eigenvalue weighted by atomic mass is 16.5. The van der Waals surface area contributed by atoms with Crippen molar-refractivity contribution in [3.8, 4) is 0 Å². The van der Waals surface area contributed by atoms with Crippen LogP contribution in [0.5, 0.6) is 0 Å². The zero-order chi connectivity index (χ0) is 11.5. The first-order valence-corrected chi connectivity index (χ1v) is 6.05. The Balaban J connectivity index is 1.89. The lowest BCUT2D eigenvalue weighted by molar-refractivity contribution is 0.0147. The van der Waals surface area contributed by atoms with Crippen LogP contribution in [0.4, 0.5) is 0 Å². The van der Waals surface area contributed by atoms with Gasteiger partial charge < -0.3 is 10.1 Å². The fraction of sp³-hybridized carbons (Fsp3) is 0.571. The number of hydrogen-bond acceptors (Lipinski definition) is 2. The molecule has 0 aromatic heterocycles. The maximum atomic E-state index is 5.29. The Bertz CT molecular complexity index is 344. The number of rotatable bonds is 4. The third-order valence-electron chi connectivity index (χ3n) is 3.57. The first-order chi connectivity index (χ1) is 7.70. The third-order valence-corrected chi connectivity index (χ3v) is 3.57. The van der Waals surface area contributed by atoms with Crippen molar-refractivity contribution in [3.63, 3.8) is 0 Å². The Morgan fingerprint density at radius 3 is 2.62 bits per heavy atom. The van der Waals surface area contributed by atoms with Gasteiger partial charge in [-0.15, -0.1) is 0 Å². The molecule has 1 aromatic rings. The van der Waals surface area contributed by atoms with Crippen LogP contribution in [0, 0.1) is 6.92 Å². The molecule has 1 aliphatic rings. The topological polar surface area (TPSA) is 21.3 Å². The van der Waals surface area contributed by atoms with E-state index in [0.717, 1.165) is 12.8 Å². The summed E-state index contributed by atoms with van der Waals surface area (Å²) in [5.41, 5.74) is 2.77. The highest BCUT2D eigenvalue weighted by Crippen LogP contribution is 2.26. The van der Waals surface area contributed by atoms with Gasteiger partial charge in [-0.2, -0.15) is 0 Å². The van der Waals surface area contributed by atoms with Crippen molar-refractivity contribution in [1.29, 1.82) is 0 Å². The predicted octanol–water partition coefficient (Wildman–Crippen LogP) is 2.82. The molecule has 0 spiro atoms. The van der Waals surface area contributed by atoms with Gasteiger partial charge in [0.25, 0.3) is 0 Å². The molecule has 2 rings (SSSR count). The number of hydrogen-bond donors (Lipinski definition) is 1. The minimum absolute atomic E-state index is 0.434. The minimum Gasteiger partial charge on any atom is -0.381 e. The Labute approximate surface area is 98.0 Å². The summed E-state index contributed by atoms with van der Waals surface area (Å²) in [6.45, 7) is 4.41. The molecule has 1 atom stereocenters. The van der Waals surface area contributed by atoms with Gasteiger partial charge >= 0.3 is 0 Å². The second kappa shape index (κ2) is 4.98. The largest absolute Gasteiger partial charge is 0.381 e. The van der Waals surface area contributed by atoms with Gasteiger partial charge in [0, 0.05) is 19.2 Å². The van der Waals surface area contributed by atoms with Crippen LogP contribution < -0.4 is 5.32 Å². The molecule has 1 aliphatic carbocycles. The molecular weight excluding hydrogens is 198 g/mol. The summed E-state index contributed by atoms with van der Waals surface area (Å²) in [6, 6.07) is 9.64. The van der Waals surface area contributed by atoms with Crippen molar-refractivity contribution in [2.45, 2.75) is 44.9 Å². The van der Waals surface area contributed by atoms with Gasteiger partial charge in [0.1, 0.15) is 0 Å². The summed E-state index contributed by atoms with van der Waals surface area (Å²) >= 11 is 0. The number of nitrogens with one attached hydrogen (secondary N) is 1. The van der Waals surface area contributed by atoms with E-state index >= 15 is 0 Å². The average molecular weight is 219 g/mol. The zero-order valence-electron chi connectivity index (χ0n) is 10.4. The summed E-state index contributed by atoms with van der Waals surface area (Å²) in [6.07, 6.45) is 2.76. The summed E-state index contributed by atoms with van der Waals surface area (Å²) in [5.74, 6) is 0. The van der Waals surface area contributed by atoms with Crippen LogP contribution in [0.2, 0.25) is 0 Å². The molecule has 1 N–H and O–H groups in total. The summed E-state index contributed by atoms with van der Waals surface area (Å²) < 4.78 is 5.29. The standard InChI is InChI=1S/C14H21NO/c1-10-6-4-5-7-14(10)11(2)15-12-8-13(9-12)16-3/h4-7,11-13,15H,8-9H2,1-3H3/t11-,12?,13?/m1/s1. The van der Waals surface area contributed by atoms with Crippen LogP contribution in [0.25, 0.3) is 0 Å². The van der Waals surface area contributed by atoms with E-state index in [-0.39, 0.29) is 0 Å². The smallest absolute Gasteiger partial charge is 0.0601 e. The summed E-state index contributed by atoms with van der Waals surface area (Å²) in [7, 11) is 1.80. The number of ether oxygens (including phenoxy) is 1. The molecule has 88 valence electrons. The van der Waals surface area contributed by atoms with Crippen LogP contribution in [0.15, 0.2) is 24.3 Å². The Morgan fingerprint density at radius 1 is 1.31 bits per heavy atom. The fourth-order valence-corrected chi connectivity index (χ4v) is 2.41. The SMILES string of the molecule is COC1CC(N[C@H](C)c2ccccc2C)C1. The van der Waals surface area contributed by atoms with E-state index in [1.807, 2.05) is 0 Å². The van der Waals surface area contributed by atoms with Crippen LogP contribution >= 0.6 is 0 Å². The molecule has 2 nitrogen and oxygen atoms in total. The normalized spacial score (nSPS) is 26.2. The van der Waals surface area contributed by atoms with Gasteiger partial charge in [-0.1, -0.05) is 24.3 Å². The van der Waals surface area contributed by atoms with Crippen LogP contribution in [0.1, 0.15) is 36.9 Å². The average Bonchev–Trinajstić information content (AvgIpc) is 2.23. The zero-order valence-corrected chi connectivity index (χ0v) is 10.4. The second-order valence-electron chi connectivity index (χ2n) is 4.77. The monoisotopic (exact) mass is 219 g/mol. The van der Waals surface area contributed by atoms with Gasteiger partial charge in [0.05, 0.1) is 6.10 Å². The van der Waals surface area contributed by atoms with Crippen molar-refractivity contribution < 1.29 is 4.74 Å². The Kier molecular flexibility index (Phi) is 3.62. The highest BCUT2D eigenvalue weighted by molar-refractivity contribution is 5.28.